The number of hydrogen-bond acceptors (Lipinski definition) is 3. The topological polar surface area (TPSA) is 66.5 Å². The zero-order valence-electron chi connectivity index (χ0n) is 8.97. The molecule has 0 spiro atoms. The number of fused-ring (bicyclic) bond motifs is 1. The fourth-order valence-corrected chi connectivity index (χ4v) is 3.03. The second-order valence-electron chi connectivity index (χ2n) is 3.68. The molecular weight excluding hydrogens is 228 g/mol. The average molecular weight is 240 g/mol. The van der Waals surface area contributed by atoms with Gasteiger partial charge in [0, 0.05) is 7.05 Å². The first-order chi connectivity index (χ1) is 7.44. The van der Waals surface area contributed by atoms with Crippen LogP contribution in [0.4, 0.5) is 5.69 Å². The van der Waals surface area contributed by atoms with Crippen molar-refractivity contribution in [3.05, 3.63) is 24.3 Å². The summed E-state index contributed by atoms with van der Waals surface area (Å²) in [4.78, 5) is 11.8. The molecule has 0 fully saturated rings. The van der Waals surface area contributed by atoms with Crippen molar-refractivity contribution < 1.29 is 13.2 Å². The van der Waals surface area contributed by atoms with Crippen LogP contribution in [0.5, 0.6) is 0 Å². The fourth-order valence-electron chi connectivity index (χ4n) is 1.56. The van der Waals surface area contributed by atoms with E-state index in [1.807, 2.05) is 0 Å². The Bertz CT molecular complexity index is 539. The molecule has 1 aliphatic rings. The Morgan fingerprint density at radius 1 is 1.31 bits per heavy atom. The molecule has 5 nitrogen and oxygen atoms in total. The minimum absolute atomic E-state index is 0.134. The zero-order valence-corrected chi connectivity index (χ0v) is 9.78. The number of carbonyl (C=O) groups is 1. The summed E-state index contributed by atoms with van der Waals surface area (Å²) in [6.07, 6.45) is 0. The highest BCUT2D eigenvalue weighted by atomic mass is 32.2. The minimum Gasteiger partial charge on any atom is -0.323 e. The summed E-state index contributed by atoms with van der Waals surface area (Å²) in [5, 5.41) is 2.60. The van der Waals surface area contributed by atoms with Gasteiger partial charge in [0.25, 0.3) is 0 Å². The van der Waals surface area contributed by atoms with Gasteiger partial charge in [0.05, 0.1) is 5.69 Å². The van der Waals surface area contributed by atoms with Gasteiger partial charge >= 0.3 is 0 Å². The van der Waals surface area contributed by atoms with E-state index in [0.29, 0.717) is 5.69 Å². The normalized spacial score (nSPS) is 24.4. The maximum absolute atomic E-state index is 12.1. The number of amides is 1. The van der Waals surface area contributed by atoms with E-state index in [-0.39, 0.29) is 10.8 Å². The van der Waals surface area contributed by atoms with Crippen LogP contribution in [-0.4, -0.2) is 31.7 Å². The van der Waals surface area contributed by atoms with Gasteiger partial charge in [-0.25, -0.2) is 8.42 Å². The summed E-state index contributed by atoms with van der Waals surface area (Å²) >= 11 is 0. The predicted octanol–water partition coefficient (Wildman–Crippen LogP) is 0.648. The van der Waals surface area contributed by atoms with Gasteiger partial charge in [-0.05, 0) is 19.1 Å². The molecule has 86 valence electrons. The lowest BCUT2D eigenvalue weighted by Gasteiger charge is -2.19. The van der Waals surface area contributed by atoms with Crippen molar-refractivity contribution in [2.45, 2.75) is 17.9 Å². The fraction of sp³-hybridized carbons (Fsp3) is 0.300. The lowest BCUT2D eigenvalue weighted by molar-refractivity contribution is -0.118. The van der Waals surface area contributed by atoms with Crippen LogP contribution in [0.25, 0.3) is 0 Å². The van der Waals surface area contributed by atoms with Crippen molar-refractivity contribution in [2.75, 3.05) is 12.4 Å². The van der Waals surface area contributed by atoms with Crippen LogP contribution in [0, 0.1) is 0 Å². The molecule has 1 aliphatic heterocycles. The lowest BCUT2D eigenvalue weighted by Crippen LogP contribution is -2.40. The highest BCUT2D eigenvalue weighted by molar-refractivity contribution is 7.89. The Morgan fingerprint density at radius 2 is 1.94 bits per heavy atom. The number of sulfonamides is 1. The molecule has 6 heteroatoms. The molecule has 0 saturated carbocycles. The van der Waals surface area contributed by atoms with E-state index in [9.17, 15) is 13.2 Å². The smallest absolute Gasteiger partial charge is 0.245 e. The Kier molecular flexibility index (Phi) is 2.47. The summed E-state index contributed by atoms with van der Waals surface area (Å²) in [7, 11) is -2.18. The van der Waals surface area contributed by atoms with Crippen LogP contribution in [0.1, 0.15) is 6.92 Å². The van der Waals surface area contributed by atoms with Crippen LogP contribution in [0.2, 0.25) is 0 Å². The third-order valence-corrected chi connectivity index (χ3v) is 4.71. The molecule has 16 heavy (non-hydrogen) atoms. The maximum Gasteiger partial charge on any atom is 0.245 e. The number of hydrogen-bond donors (Lipinski definition) is 1. The number of nitrogens with zero attached hydrogens (tertiary/aromatic N) is 1. The van der Waals surface area contributed by atoms with Crippen molar-refractivity contribution in [3.8, 4) is 0 Å². The quantitative estimate of drug-likeness (QED) is 0.724. The van der Waals surface area contributed by atoms with Gasteiger partial charge in [0.15, 0.2) is 0 Å². The molecule has 0 aromatic heterocycles. The van der Waals surface area contributed by atoms with E-state index in [4.69, 9.17) is 0 Å². The van der Waals surface area contributed by atoms with Gasteiger partial charge in [-0.2, -0.15) is 4.31 Å². The van der Waals surface area contributed by atoms with E-state index in [1.54, 1.807) is 25.1 Å². The third kappa shape index (κ3) is 1.50. The molecule has 1 unspecified atom stereocenters. The number of rotatable bonds is 0. The number of anilines is 1. The van der Waals surface area contributed by atoms with Crippen LogP contribution >= 0.6 is 0 Å². The Morgan fingerprint density at radius 3 is 2.62 bits per heavy atom. The van der Waals surface area contributed by atoms with E-state index in [0.717, 1.165) is 4.31 Å². The van der Waals surface area contributed by atoms with E-state index < -0.39 is 16.1 Å². The molecule has 1 aromatic rings. The predicted molar refractivity (Wildman–Crippen MR) is 59.5 cm³/mol. The van der Waals surface area contributed by atoms with Gasteiger partial charge < -0.3 is 5.32 Å². The number of nitrogens with one attached hydrogen (secondary N) is 1. The highest BCUT2D eigenvalue weighted by Crippen LogP contribution is 2.28. The van der Waals surface area contributed by atoms with Crippen molar-refractivity contribution in [2.24, 2.45) is 0 Å². The largest absolute Gasteiger partial charge is 0.323 e. The monoisotopic (exact) mass is 240 g/mol. The molecule has 0 radical (unpaired) electrons. The SMILES string of the molecule is CC1C(=O)Nc2ccccc2S(=O)(=O)N1C. The molecule has 2 rings (SSSR count). The Labute approximate surface area is 94.1 Å². The van der Waals surface area contributed by atoms with Crippen molar-refractivity contribution in [1.82, 2.24) is 4.31 Å². The molecule has 1 N–H and O–H groups in total. The van der Waals surface area contributed by atoms with Crippen LogP contribution in [0.15, 0.2) is 29.2 Å². The number of benzene rings is 1. The van der Waals surface area contributed by atoms with Crippen molar-refractivity contribution in [1.29, 1.82) is 0 Å². The van der Waals surface area contributed by atoms with Crippen LogP contribution in [-0.2, 0) is 14.8 Å². The molecule has 0 saturated heterocycles. The summed E-state index contributed by atoms with van der Waals surface area (Å²) in [6, 6.07) is 5.67. The Balaban J connectivity index is 2.70. The Hall–Kier alpha value is -1.40. The van der Waals surface area contributed by atoms with Gasteiger partial charge in [-0.1, -0.05) is 12.1 Å². The summed E-state index contributed by atoms with van der Waals surface area (Å²) < 4.78 is 25.3. The first-order valence-corrected chi connectivity index (χ1v) is 6.26. The van der Waals surface area contributed by atoms with Crippen molar-refractivity contribution >= 4 is 21.6 Å². The van der Waals surface area contributed by atoms with Crippen molar-refractivity contribution in [3.63, 3.8) is 0 Å². The maximum atomic E-state index is 12.1. The molecule has 1 aromatic carbocycles. The molecule has 1 atom stereocenters. The van der Waals surface area contributed by atoms with Gasteiger partial charge in [0.1, 0.15) is 10.9 Å². The van der Waals surface area contributed by atoms with Crippen LogP contribution < -0.4 is 5.32 Å². The third-order valence-electron chi connectivity index (χ3n) is 2.73. The highest BCUT2D eigenvalue weighted by Gasteiger charge is 2.34. The molecule has 0 bridgehead atoms. The summed E-state index contributed by atoms with van der Waals surface area (Å²) in [5.41, 5.74) is 0.337. The molecule has 1 amide bonds. The summed E-state index contributed by atoms with van der Waals surface area (Å²) in [6.45, 7) is 1.55. The lowest BCUT2D eigenvalue weighted by atomic mass is 10.3. The first kappa shape index (κ1) is 11.1. The second-order valence-corrected chi connectivity index (χ2v) is 5.65. The second kappa shape index (κ2) is 3.57. The summed E-state index contributed by atoms with van der Waals surface area (Å²) in [5.74, 6) is -0.323. The number of para-hydroxylation sites is 1. The first-order valence-electron chi connectivity index (χ1n) is 4.82. The van der Waals surface area contributed by atoms with E-state index >= 15 is 0 Å². The number of carbonyl (C=O) groups excluding carboxylic acids is 1. The zero-order chi connectivity index (χ0) is 11.9. The minimum atomic E-state index is -3.59. The van der Waals surface area contributed by atoms with Gasteiger partial charge in [-0.3, -0.25) is 4.79 Å². The van der Waals surface area contributed by atoms with Gasteiger partial charge in [0.2, 0.25) is 15.9 Å². The average Bonchev–Trinajstić information content (AvgIpc) is 2.32. The number of likely N-dealkylation sites (N-methyl/N-ethyl adjacent to an activating group) is 1. The molecule has 0 aliphatic carbocycles. The standard InChI is InChI=1S/C10H12N2O3S/c1-7-10(13)11-8-5-3-4-6-9(8)16(14,15)12(7)2/h3-7H,1-2H3,(H,11,13). The van der Waals surface area contributed by atoms with E-state index in [1.165, 1.54) is 13.1 Å². The van der Waals surface area contributed by atoms with E-state index in [2.05, 4.69) is 5.32 Å². The van der Waals surface area contributed by atoms with Crippen LogP contribution in [0.3, 0.4) is 0 Å². The molecular formula is C10H12N2O3S. The van der Waals surface area contributed by atoms with Gasteiger partial charge in [-0.15, -0.1) is 0 Å². The molecule has 1 heterocycles.